The summed E-state index contributed by atoms with van der Waals surface area (Å²) in [6.07, 6.45) is 1.10. The van der Waals surface area contributed by atoms with Crippen molar-refractivity contribution in [2.75, 3.05) is 12.4 Å². The van der Waals surface area contributed by atoms with Gasteiger partial charge in [0.05, 0.1) is 17.7 Å². The molecule has 0 radical (unpaired) electrons. The Balaban J connectivity index is 1.64. The molecule has 0 aliphatic rings. The number of anilines is 1. The van der Waals surface area contributed by atoms with Crippen LogP contribution in [0.25, 0.3) is 0 Å². The monoisotopic (exact) mass is 380 g/mol. The number of ether oxygens (including phenoxy) is 1. The smallest absolute Gasteiger partial charge is 0.257 e. The number of Topliss-reactive ketones (excluding diaryl/α,β-unsaturated/α-hetero) is 1. The van der Waals surface area contributed by atoms with Crippen LogP contribution in [0.2, 0.25) is 0 Å². The van der Waals surface area contributed by atoms with Crippen molar-refractivity contribution >= 4 is 28.2 Å². The van der Waals surface area contributed by atoms with Crippen molar-refractivity contribution in [2.24, 2.45) is 0 Å². The fourth-order valence-electron chi connectivity index (χ4n) is 2.64. The number of amides is 1. The molecule has 27 heavy (non-hydrogen) atoms. The van der Waals surface area contributed by atoms with Crippen molar-refractivity contribution in [1.82, 2.24) is 4.98 Å². The fraction of sp³-hybridized carbons (Fsp3) is 0.190. The summed E-state index contributed by atoms with van der Waals surface area (Å²) in [5.41, 5.74) is 2.27. The van der Waals surface area contributed by atoms with Crippen LogP contribution in [0.3, 0.4) is 0 Å². The van der Waals surface area contributed by atoms with Crippen LogP contribution in [-0.2, 0) is 6.42 Å². The zero-order valence-electron chi connectivity index (χ0n) is 15.2. The van der Waals surface area contributed by atoms with E-state index in [9.17, 15) is 9.59 Å². The molecule has 3 aromatic rings. The minimum Gasteiger partial charge on any atom is -0.497 e. The Morgan fingerprint density at radius 2 is 1.78 bits per heavy atom. The number of aryl methyl sites for hydroxylation is 2. The molecule has 1 N–H and O–H groups in total. The second-order valence-electron chi connectivity index (χ2n) is 6.02. The van der Waals surface area contributed by atoms with E-state index in [1.807, 2.05) is 30.3 Å². The number of carbonyl (C=O) groups excluding carboxylic acids is 2. The van der Waals surface area contributed by atoms with Crippen molar-refractivity contribution in [2.45, 2.75) is 19.8 Å². The first kappa shape index (κ1) is 18.8. The molecule has 0 aliphatic carbocycles. The van der Waals surface area contributed by atoms with Gasteiger partial charge in [-0.3, -0.25) is 14.9 Å². The first-order chi connectivity index (χ1) is 13.1. The van der Waals surface area contributed by atoms with Crippen LogP contribution in [-0.4, -0.2) is 23.8 Å². The second-order valence-corrected chi connectivity index (χ2v) is 7.02. The van der Waals surface area contributed by atoms with E-state index in [0.29, 0.717) is 39.9 Å². The molecule has 1 aromatic heterocycles. The molecule has 1 amide bonds. The molecular formula is C21H20N2O3S. The number of hydrogen-bond acceptors (Lipinski definition) is 5. The van der Waals surface area contributed by atoms with Crippen LogP contribution >= 0.6 is 11.3 Å². The molecule has 0 atom stereocenters. The number of nitrogens with zero attached hydrogens (tertiary/aromatic N) is 1. The van der Waals surface area contributed by atoms with Gasteiger partial charge in [0, 0.05) is 12.0 Å². The molecular weight excluding hydrogens is 360 g/mol. The first-order valence-corrected chi connectivity index (χ1v) is 9.38. The average molecular weight is 380 g/mol. The number of nitrogens with one attached hydrogen (secondary N) is 1. The van der Waals surface area contributed by atoms with Gasteiger partial charge in [0.25, 0.3) is 5.91 Å². The Morgan fingerprint density at radius 1 is 1.07 bits per heavy atom. The van der Waals surface area contributed by atoms with Gasteiger partial charge < -0.3 is 4.74 Å². The molecule has 0 saturated heterocycles. The number of carbonyl (C=O) groups is 2. The summed E-state index contributed by atoms with van der Waals surface area (Å²) >= 11 is 1.22. The van der Waals surface area contributed by atoms with Gasteiger partial charge in [0.2, 0.25) is 0 Å². The normalized spacial score (nSPS) is 10.4. The molecule has 138 valence electrons. The number of aromatic nitrogens is 1. The summed E-state index contributed by atoms with van der Waals surface area (Å²) in [7, 11) is 1.57. The molecule has 6 heteroatoms. The molecule has 0 spiro atoms. The van der Waals surface area contributed by atoms with E-state index >= 15 is 0 Å². The van der Waals surface area contributed by atoms with Crippen LogP contribution in [0.5, 0.6) is 5.75 Å². The molecule has 0 bridgehead atoms. The predicted octanol–water partition coefficient (Wildman–Crippen LogP) is 4.53. The van der Waals surface area contributed by atoms with E-state index in [4.69, 9.17) is 4.74 Å². The number of rotatable bonds is 7. The van der Waals surface area contributed by atoms with Crippen molar-refractivity contribution in [3.63, 3.8) is 0 Å². The van der Waals surface area contributed by atoms with Gasteiger partial charge >= 0.3 is 0 Å². The summed E-state index contributed by atoms with van der Waals surface area (Å²) in [5, 5.41) is 3.19. The zero-order chi connectivity index (χ0) is 19.2. The third kappa shape index (κ3) is 4.80. The molecule has 3 rings (SSSR count). The quantitative estimate of drug-likeness (QED) is 0.612. The lowest BCUT2D eigenvalue weighted by Gasteiger charge is -2.03. The van der Waals surface area contributed by atoms with E-state index < -0.39 is 0 Å². The molecule has 0 aliphatic heterocycles. The maximum Gasteiger partial charge on any atom is 0.257 e. The lowest BCUT2D eigenvalue weighted by Crippen LogP contribution is -2.11. The Morgan fingerprint density at radius 3 is 2.44 bits per heavy atom. The maximum atomic E-state index is 12.5. The number of hydrogen-bond donors (Lipinski definition) is 1. The number of benzene rings is 2. The van der Waals surface area contributed by atoms with E-state index in [1.54, 1.807) is 38.3 Å². The molecule has 0 fully saturated rings. The Labute approximate surface area is 162 Å². The van der Waals surface area contributed by atoms with Crippen molar-refractivity contribution < 1.29 is 14.3 Å². The van der Waals surface area contributed by atoms with Gasteiger partial charge in [-0.2, -0.15) is 0 Å². The van der Waals surface area contributed by atoms with E-state index in [-0.39, 0.29) is 11.7 Å². The molecule has 5 nitrogen and oxygen atoms in total. The number of ketones is 1. The largest absolute Gasteiger partial charge is 0.497 e. The van der Waals surface area contributed by atoms with Crippen LogP contribution in [0.1, 0.15) is 37.7 Å². The summed E-state index contributed by atoms with van der Waals surface area (Å²) < 4.78 is 5.09. The van der Waals surface area contributed by atoms with Gasteiger partial charge in [0.1, 0.15) is 5.75 Å². The van der Waals surface area contributed by atoms with Gasteiger partial charge in [-0.15, -0.1) is 0 Å². The number of thiazole rings is 1. The van der Waals surface area contributed by atoms with Crippen LogP contribution in [0.15, 0.2) is 54.6 Å². The lowest BCUT2D eigenvalue weighted by molar-refractivity contribution is 0.0984. The molecule has 1 heterocycles. The van der Waals surface area contributed by atoms with Crippen molar-refractivity contribution in [3.05, 3.63) is 76.3 Å². The Bertz CT molecular complexity index is 934. The predicted molar refractivity (Wildman–Crippen MR) is 107 cm³/mol. The van der Waals surface area contributed by atoms with Gasteiger partial charge in [0.15, 0.2) is 10.9 Å². The first-order valence-electron chi connectivity index (χ1n) is 8.57. The topological polar surface area (TPSA) is 68.3 Å². The summed E-state index contributed by atoms with van der Waals surface area (Å²) in [4.78, 5) is 29.8. The zero-order valence-corrected chi connectivity index (χ0v) is 16.0. The highest BCUT2D eigenvalue weighted by Gasteiger charge is 2.17. The van der Waals surface area contributed by atoms with Crippen LogP contribution in [0.4, 0.5) is 5.13 Å². The van der Waals surface area contributed by atoms with Gasteiger partial charge in [-0.25, -0.2) is 4.98 Å². The minimum atomic E-state index is -0.269. The second kappa shape index (κ2) is 8.60. The Kier molecular flexibility index (Phi) is 5.98. The summed E-state index contributed by atoms with van der Waals surface area (Å²) in [6.45, 7) is 1.79. The van der Waals surface area contributed by atoms with E-state index in [1.165, 1.54) is 11.3 Å². The maximum absolute atomic E-state index is 12.5. The molecule has 0 saturated carbocycles. The van der Waals surface area contributed by atoms with Gasteiger partial charge in [-0.05, 0) is 43.2 Å². The highest BCUT2D eigenvalue weighted by molar-refractivity contribution is 7.17. The summed E-state index contributed by atoms with van der Waals surface area (Å²) in [5.74, 6) is 0.455. The molecule has 2 aromatic carbocycles. The number of methoxy groups -OCH3 is 1. The third-order valence-corrected chi connectivity index (χ3v) is 5.22. The standard InChI is InChI=1S/C21H20N2O3S/c1-14-19(18(24)13-8-15-6-4-3-5-7-15)27-21(22-14)23-20(25)16-9-11-17(26-2)12-10-16/h3-7,9-12H,8,13H2,1-2H3,(H,22,23,25). The average Bonchev–Trinajstić information content (AvgIpc) is 3.07. The Hall–Kier alpha value is -2.99. The summed E-state index contributed by atoms with van der Waals surface area (Å²) in [6, 6.07) is 16.7. The van der Waals surface area contributed by atoms with E-state index in [0.717, 1.165) is 5.56 Å². The van der Waals surface area contributed by atoms with E-state index in [2.05, 4.69) is 10.3 Å². The van der Waals surface area contributed by atoms with Gasteiger partial charge in [-0.1, -0.05) is 41.7 Å². The van der Waals surface area contributed by atoms with Crippen LogP contribution < -0.4 is 10.1 Å². The lowest BCUT2D eigenvalue weighted by atomic mass is 10.1. The highest BCUT2D eigenvalue weighted by Crippen LogP contribution is 2.25. The van der Waals surface area contributed by atoms with Crippen LogP contribution in [0, 0.1) is 6.92 Å². The van der Waals surface area contributed by atoms with Crippen molar-refractivity contribution in [1.29, 1.82) is 0 Å². The van der Waals surface area contributed by atoms with Crippen molar-refractivity contribution in [3.8, 4) is 5.75 Å². The third-order valence-electron chi connectivity index (χ3n) is 4.11. The SMILES string of the molecule is COc1ccc(C(=O)Nc2nc(C)c(C(=O)CCc3ccccc3)s2)cc1. The fourth-order valence-corrected chi connectivity index (χ4v) is 3.57. The highest BCUT2D eigenvalue weighted by atomic mass is 32.1. The molecule has 0 unspecified atom stereocenters. The minimum absolute atomic E-state index is 0.0406.